The zero-order chi connectivity index (χ0) is 33.4. The minimum atomic E-state index is -4.76. The van der Waals surface area contributed by atoms with Crippen LogP contribution in [0.15, 0.2) is 24.9 Å². The molecule has 4 atom stereocenters. The molecule has 2 aromatic heterocycles. The van der Waals surface area contributed by atoms with E-state index in [0.29, 0.717) is 38.7 Å². The molecule has 0 unspecified atom stereocenters. The molecule has 1 saturated carbocycles. The van der Waals surface area contributed by atoms with E-state index in [9.17, 15) is 35.9 Å². The molecule has 15 heteroatoms. The van der Waals surface area contributed by atoms with E-state index in [0.717, 1.165) is 23.8 Å². The number of hydrogen-bond acceptors (Lipinski definition) is 7. The van der Waals surface area contributed by atoms with Gasteiger partial charge in [-0.2, -0.15) is 26.3 Å². The van der Waals surface area contributed by atoms with Gasteiger partial charge >= 0.3 is 18.4 Å². The number of nitrogens with zero attached hydrogens (tertiary/aromatic N) is 4. The Hall–Kier alpha value is -3.07. The number of pyridine rings is 1. The van der Waals surface area contributed by atoms with Crippen LogP contribution in [0.3, 0.4) is 0 Å². The van der Waals surface area contributed by atoms with Crippen molar-refractivity contribution >= 4 is 39.2 Å². The quantitative estimate of drug-likeness (QED) is 0.260. The van der Waals surface area contributed by atoms with Crippen LogP contribution in [0.25, 0.3) is 10.2 Å². The third-order valence-corrected chi connectivity index (χ3v) is 10.2. The molecule has 2 bridgehead atoms. The number of halogens is 6. The van der Waals surface area contributed by atoms with E-state index in [2.05, 4.69) is 11.6 Å². The average molecular weight is 675 g/mol. The minimum Gasteiger partial charge on any atom is -0.444 e. The highest BCUT2D eigenvalue weighted by Gasteiger charge is 2.59. The zero-order valence-corrected chi connectivity index (χ0v) is 26.5. The molecule has 2 aromatic rings. The first-order valence-corrected chi connectivity index (χ1v) is 16.0. The van der Waals surface area contributed by atoms with Crippen LogP contribution in [0.4, 0.5) is 36.8 Å². The van der Waals surface area contributed by atoms with Crippen LogP contribution in [-0.2, 0) is 26.9 Å². The molecule has 1 aliphatic carbocycles. The normalized spacial score (nSPS) is 25.9. The van der Waals surface area contributed by atoms with Crippen molar-refractivity contribution in [2.24, 2.45) is 11.3 Å². The summed E-state index contributed by atoms with van der Waals surface area (Å²) in [7, 11) is 0. The van der Waals surface area contributed by atoms with Gasteiger partial charge in [0.25, 0.3) is 0 Å². The van der Waals surface area contributed by atoms with Gasteiger partial charge in [0.1, 0.15) is 16.5 Å². The van der Waals surface area contributed by atoms with E-state index in [4.69, 9.17) is 9.47 Å². The summed E-state index contributed by atoms with van der Waals surface area (Å²) in [4.78, 5) is 36.0. The molecule has 5 fully saturated rings. The second kappa shape index (κ2) is 11.3. The molecule has 4 aliphatic heterocycles. The Morgan fingerprint density at radius 2 is 1.80 bits per heavy atom. The highest BCUT2D eigenvalue weighted by atomic mass is 32.1. The van der Waals surface area contributed by atoms with Gasteiger partial charge in [-0.1, -0.05) is 6.08 Å². The summed E-state index contributed by atoms with van der Waals surface area (Å²) < 4.78 is 93.0. The highest BCUT2D eigenvalue weighted by Crippen LogP contribution is 2.50. The first-order valence-electron chi connectivity index (χ1n) is 15.2. The van der Waals surface area contributed by atoms with Gasteiger partial charge < -0.3 is 19.3 Å². The Kier molecular flexibility index (Phi) is 8.05. The van der Waals surface area contributed by atoms with Crippen LogP contribution in [0.5, 0.6) is 0 Å². The number of ether oxygens (including phenoxy) is 2. The molecule has 46 heavy (non-hydrogen) atoms. The minimum absolute atomic E-state index is 0.0423. The lowest BCUT2D eigenvalue weighted by atomic mass is 9.69. The van der Waals surface area contributed by atoms with Crippen LogP contribution in [0.2, 0.25) is 0 Å². The summed E-state index contributed by atoms with van der Waals surface area (Å²) in [5, 5.41) is 0.0423. The fourth-order valence-electron chi connectivity index (χ4n) is 7.52. The number of hydrogen-bond donors (Lipinski definition) is 0. The van der Waals surface area contributed by atoms with Crippen molar-refractivity contribution < 1.29 is 45.4 Å². The lowest BCUT2D eigenvalue weighted by Crippen LogP contribution is -2.76. The van der Waals surface area contributed by atoms with Gasteiger partial charge in [0, 0.05) is 48.1 Å². The lowest BCUT2D eigenvalue weighted by Gasteiger charge is -2.62. The molecule has 0 radical (unpaired) electrons. The highest BCUT2D eigenvalue weighted by molar-refractivity contribution is 7.18. The summed E-state index contributed by atoms with van der Waals surface area (Å²) in [5.41, 5.74) is -2.42. The molecule has 252 valence electrons. The Morgan fingerprint density at radius 3 is 2.41 bits per heavy atom. The summed E-state index contributed by atoms with van der Waals surface area (Å²) in [6.45, 7) is 10.3. The van der Waals surface area contributed by atoms with Gasteiger partial charge in [0.15, 0.2) is 0 Å². The van der Waals surface area contributed by atoms with Crippen LogP contribution in [-0.4, -0.2) is 89.5 Å². The predicted octanol–water partition coefficient (Wildman–Crippen LogP) is 6.43. The summed E-state index contributed by atoms with van der Waals surface area (Å²) in [6.07, 6.45) is -7.01. The molecular weight excluding hydrogens is 638 g/mol. The predicted molar refractivity (Wildman–Crippen MR) is 159 cm³/mol. The van der Waals surface area contributed by atoms with Crippen molar-refractivity contribution in [3.05, 3.63) is 35.4 Å². The number of aromatic nitrogens is 1. The maximum Gasteiger partial charge on any atom is 0.419 e. The number of alkyl halides is 6. The number of piperidine rings is 2. The second-order valence-electron chi connectivity index (χ2n) is 13.9. The molecule has 7 rings (SSSR count). The first kappa shape index (κ1) is 32.9. The molecule has 0 N–H and O–H groups in total. The van der Waals surface area contributed by atoms with Crippen molar-refractivity contribution in [2.45, 2.75) is 82.6 Å². The van der Waals surface area contributed by atoms with E-state index < -0.39 is 47.5 Å². The monoisotopic (exact) mass is 674 g/mol. The fraction of sp³-hybridized carbons (Fsp3) is 0.645. The maximum atomic E-state index is 14.1. The fourth-order valence-corrected chi connectivity index (χ4v) is 8.56. The van der Waals surface area contributed by atoms with Crippen molar-refractivity contribution in [3.8, 4) is 0 Å². The van der Waals surface area contributed by atoms with Crippen LogP contribution < -0.4 is 4.90 Å². The number of carbonyl (C=O) groups excluding carboxylic acids is 2. The summed E-state index contributed by atoms with van der Waals surface area (Å²) in [6, 6.07) is 0.0772. The Bertz CT molecular complexity index is 1520. The number of anilines is 1. The molecule has 0 aromatic carbocycles. The standard InChI is InChI=1S/C31H36F6N4O4S/c1-5-8-44-22-9-17-6-7-21(22)41(27(43)45-28(2,3)4)23(17)26(42)40-15-29(16-40)13-39(14-29)24-19-10-18(11-30(32,33)34)46-25(19)38-12-20(24)31(35,36)37/h5,10,12,17,21-23H,1,6-9,11,13-16H2,2-4H3/t17-,21+,22+,23+/m1/s1. The molecular formula is C31H36F6N4O4S. The second-order valence-corrected chi connectivity index (χ2v) is 15.0. The van der Waals surface area contributed by atoms with Gasteiger partial charge in [0.2, 0.25) is 5.91 Å². The van der Waals surface area contributed by atoms with Crippen LogP contribution >= 0.6 is 11.3 Å². The van der Waals surface area contributed by atoms with Gasteiger partial charge in [-0.3, -0.25) is 9.69 Å². The molecule has 4 saturated heterocycles. The van der Waals surface area contributed by atoms with E-state index in [1.165, 1.54) is 9.80 Å². The Balaban J connectivity index is 1.19. The van der Waals surface area contributed by atoms with E-state index in [1.807, 2.05) is 0 Å². The lowest BCUT2D eigenvalue weighted by molar-refractivity contribution is -0.167. The number of rotatable bonds is 6. The number of thiophene rings is 1. The van der Waals surface area contributed by atoms with Gasteiger partial charge in [0.05, 0.1) is 36.4 Å². The first-order chi connectivity index (χ1) is 21.4. The number of carbonyl (C=O) groups is 2. The number of fused-ring (bicyclic) bond motifs is 4. The van der Waals surface area contributed by atoms with Crippen LogP contribution in [0, 0.1) is 11.3 Å². The SMILES string of the molecule is C=CCO[C@H]1C[C@H]2CC[C@@H]1N(C(=O)OC(C)(C)C)[C@@H]2C(=O)N1CC2(C1)CN(c1c(C(F)(F)F)cnc3sc(CC(F)(F)F)cc13)C2. The zero-order valence-electron chi connectivity index (χ0n) is 25.7. The third kappa shape index (κ3) is 6.16. The van der Waals surface area contributed by atoms with Crippen molar-refractivity contribution in [3.63, 3.8) is 0 Å². The molecule has 6 heterocycles. The van der Waals surface area contributed by atoms with Crippen molar-refractivity contribution in [1.82, 2.24) is 14.8 Å². The maximum absolute atomic E-state index is 14.1. The van der Waals surface area contributed by atoms with Gasteiger partial charge in [-0.25, -0.2) is 9.78 Å². The van der Waals surface area contributed by atoms with E-state index in [-0.39, 0.29) is 57.8 Å². The Morgan fingerprint density at radius 1 is 1.11 bits per heavy atom. The molecule has 5 aliphatic rings. The Labute approximate surface area is 266 Å². The van der Waals surface area contributed by atoms with Gasteiger partial charge in [-0.05, 0) is 52.0 Å². The molecule has 1 spiro atoms. The number of likely N-dealkylation sites (tertiary alicyclic amines) is 1. The molecule has 8 nitrogen and oxygen atoms in total. The summed E-state index contributed by atoms with van der Waals surface area (Å²) in [5.74, 6) is -0.359. The topological polar surface area (TPSA) is 75.2 Å². The van der Waals surface area contributed by atoms with Crippen LogP contribution in [0.1, 0.15) is 50.5 Å². The number of amides is 2. The third-order valence-electron chi connectivity index (χ3n) is 9.18. The smallest absolute Gasteiger partial charge is 0.419 e. The van der Waals surface area contributed by atoms with E-state index in [1.54, 1.807) is 31.7 Å². The average Bonchev–Trinajstić information content (AvgIpc) is 3.29. The van der Waals surface area contributed by atoms with Gasteiger partial charge in [-0.15, -0.1) is 17.9 Å². The molecule has 2 amide bonds. The van der Waals surface area contributed by atoms with Crippen molar-refractivity contribution in [2.75, 3.05) is 37.7 Å². The summed E-state index contributed by atoms with van der Waals surface area (Å²) >= 11 is 0.731. The van der Waals surface area contributed by atoms with Crippen molar-refractivity contribution in [1.29, 1.82) is 0 Å². The van der Waals surface area contributed by atoms with E-state index >= 15 is 0 Å². The largest absolute Gasteiger partial charge is 0.444 e.